The normalized spacial score (nSPS) is 20.9. The average molecular weight is 396 g/mol. The number of aromatic nitrogens is 2. The van der Waals surface area contributed by atoms with Gasteiger partial charge in [-0.1, -0.05) is 30.3 Å². The molecule has 7 heteroatoms. The van der Waals surface area contributed by atoms with Crippen LogP contribution in [0.4, 0.5) is 5.82 Å². The summed E-state index contributed by atoms with van der Waals surface area (Å²) in [6.07, 6.45) is 5.09. The van der Waals surface area contributed by atoms with Gasteiger partial charge in [0.1, 0.15) is 18.8 Å². The number of rotatable bonds is 6. The van der Waals surface area contributed by atoms with Gasteiger partial charge in [-0.05, 0) is 29.9 Å². The number of likely N-dealkylation sites (tertiary alicyclic amines) is 1. The van der Waals surface area contributed by atoms with Crippen molar-refractivity contribution >= 4 is 11.7 Å². The maximum Gasteiger partial charge on any atom is 0.248 e. The Morgan fingerprint density at radius 2 is 2.00 bits per heavy atom. The van der Waals surface area contributed by atoms with Crippen LogP contribution in [0.1, 0.15) is 18.4 Å². The van der Waals surface area contributed by atoms with E-state index in [9.17, 15) is 9.90 Å². The van der Waals surface area contributed by atoms with Crippen molar-refractivity contribution in [2.24, 2.45) is 11.3 Å². The second-order valence-electron chi connectivity index (χ2n) is 8.05. The monoisotopic (exact) mass is 396 g/mol. The highest BCUT2D eigenvalue weighted by atomic mass is 16.5. The Balaban J connectivity index is 1.30. The van der Waals surface area contributed by atoms with Crippen molar-refractivity contribution < 1.29 is 14.6 Å². The molecule has 1 unspecified atom stereocenters. The molecule has 2 saturated heterocycles. The molecule has 1 aromatic heterocycles. The van der Waals surface area contributed by atoms with Crippen molar-refractivity contribution in [3.8, 4) is 0 Å². The number of anilines is 1. The Bertz CT molecular complexity index is 794. The summed E-state index contributed by atoms with van der Waals surface area (Å²) < 4.78 is 5.62. The molecule has 0 saturated carbocycles. The van der Waals surface area contributed by atoms with E-state index in [2.05, 4.69) is 14.9 Å². The lowest BCUT2D eigenvalue weighted by Gasteiger charge is -2.42. The minimum Gasteiger partial charge on any atom is -0.396 e. The summed E-state index contributed by atoms with van der Waals surface area (Å²) in [5.74, 6) is 1.15. The highest BCUT2D eigenvalue weighted by molar-refractivity contribution is 5.77. The van der Waals surface area contributed by atoms with Crippen molar-refractivity contribution in [3.63, 3.8) is 0 Å². The van der Waals surface area contributed by atoms with Crippen molar-refractivity contribution in [3.05, 3.63) is 54.5 Å². The van der Waals surface area contributed by atoms with Crippen LogP contribution in [0.15, 0.2) is 48.9 Å². The Morgan fingerprint density at radius 1 is 1.21 bits per heavy atom. The molecule has 0 bridgehead atoms. The molecular formula is C22H28N4O3. The fourth-order valence-electron chi connectivity index (χ4n) is 4.62. The lowest BCUT2D eigenvalue weighted by molar-refractivity contribution is -0.139. The molecule has 0 aliphatic carbocycles. The first-order valence-corrected chi connectivity index (χ1v) is 10.2. The van der Waals surface area contributed by atoms with Gasteiger partial charge < -0.3 is 19.6 Å². The van der Waals surface area contributed by atoms with Crippen LogP contribution in [0.25, 0.3) is 0 Å². The van der Waals surface area contributed by atoms with E-state index in [1.165, 1.54) is 0 Å². The molecule has 3 heterocycles. The molecule has 1 atom stereocenters. The molecule has 2 aliphatic rings. The fourth-order valence-corrected chi connectivity index (χ4v) is 4.62. The zero-order chi connectivity index (χ0) is 20.1. The zero-order valence-electron chi connectivity index (χ0n) is 16.6. The number of aliphatic hydroxyl groups excluding tert-OH is 1. The van der Waals surface area contributed by atoms with Crippen molar-refractivity contribution in [1.29, 1.82) is 0 Å². The van der Waals surface area contributed by atoms with E-state index in [0.717, 1.165) is 37.3 Å². The summed E-state index contributed by atoms with van der Waals surface area (Å²) in [5.41, 5.74) is 1.10. The number of nitrogens with zero attached hydrogens (tertiary/aromatic N) is 4. The topological polar surface area (TPSA) is 78.8 Å². The van der Waals surface area contributed by atoms with Crippen LogP contribution < -0.4 is 4.90 Å². The fraction of sp³-hybridized carbons (Fsp3) is 0.500. The van der Waals surface area contributed by atoms with Gasteiger partial charge in [0.15, 0.2) is 0 Å². The molecule has 1 aromatic carbocycles. The number of amides is 1. The lowest BCUT2D eigenvalue weighted by Crippen LogP contribution is -2.48. The molecule has 7 nitrogen and oxygen atoms in total. The Kier molecular flexibility index (Phi) is 6.06. The smallest absolute Gasteiger partial charge is 0.248 e. The average Bonchev–Trinajstić information content (AvgIpc) is 3.13. The van der Waals surface area contributed by atoms with Gasteiger partial charge in [0.05, 0.1) is 6.61 Å². The molecule has 1 N–H and O–H groups in total. The molecule has 0 radical (unpaired) electrons. The highest BCUT2D eigenvalue weighted by Crippen LogP contribution is 2.45. The molecule has 1 amide bonds. The van der Waals surface area contributed by atoms with Crippen LogP contribution >= 0.6 is 0 Å². The van der Waals surface area contributed by atoms with E-state index < -0.39 is 0 Å². The summed E-state index contributed by atoms with van der Waals surface area (Å²) in [6.45, 7) is 3.80. The van der Waals surface area contributed by atoms with Gasteiger partial charge in [-0.3, -0.25) is 4.79 Å². The van der Waals surface area contributed by atoms with E-state index >= 15 is 0 Å². The van der Waals surface area contributed by atoms with Gasteiger partial charge in [-0.2, -0.15) is 0 Å². The third kappa shape index (κ3) is 4.41. The van der Waals surface area contributed by atoms with Gasteiger partial charge in [0.2, 0.25) is 5.91 Å². The zero-order valence-corrected chi connectivity index (χ0v) is 16.6. The first kappa shape index (κ1) is 19.8. The number of ether oxygens (including phenoxy) is 1. The molecular weight excluding hydrogens is 368 g/mol. The van der Waals surface area contributed by atoms with E-state index in [-0.39, 0.29) is 30.5 Å². The van der Waals surface area contributed by atoms with Crippen molar-refractivity contribution in [2.45, 2.75) is 19.4 Å². The van der Waals surface area contributed by atoms with Gasteiger partial charge in [0.25, 0.3) is 0 Å². The SMILES string of the molecule is O=C(COCc1ccccc1)N1CCC2(CC1)CN(c1ccncn1)CC2CO. The Labute approximate surface area is 171 Å². The summed E-state index contributed by atoms with van der Waals surface area (Å²) in [6, 6.07) is 11.8. The number of piperidine rings is 1. The lowest BCUT2D eigenvalue weighted by atomic mass is 9.71. The minimum atomic E-state index is 0.0291. The number of carbonyl (C=O) groups is 1. The minimum absolute atomic E-state index is 0.0291. The van der Waals surface area contributed by atoms with E-state index in [1.807, 2.05) is 41.3 Å². The van der Waals surface area contributed by atoms with E-state index in [0.29, 0.717) is 19.7 Å². The van der Waals surface area contributed by atoms with Gasteiger partial charge >= 0.3 is 0 Å². The van der Waals surface area contributed by atoms with Crippen LogP contribution in [0.5, 0.6) is 0 Å². The quantitative estimate of drug-likeness (QED) is 0.801. The largest absolute Gasteiger partial charge is 0.396 e. The molecule has 4 rings (SSSR count). The van der Waals surface area contributed by atoms with Crippen LogP contribution in [-0.4, -0.2) is 65.3 Å². The maximum absolute atomic E-state index is 12.6. The predicted molar refractivity (Wildman–Crippen MR) is 109 cm³/mol. The highest BCUT2D eigenvalue weighted by Gasteiger charge is 2.48. The number of carbonyl (C=O) groups excluding carboxylic acids is 1. The summed E-state index contributed by atoms with van der Waals surface area (Å²) >= 11 is 0. The molecule has 29 heavy (non-hydrogen) atoms. The van der Waals surface area contributed by atoms with Crippen molar-refractivity contribution in [2.75, 3.05) is 44.3 Å². The Morgan fingerprint density at radius 3 is 2.69 bits per heavy atom. The van der Waals surface area contributed by atoms with Crippen molar-refractivity contribution in [1.82, 2.24) is 14.9 Å². The second kappa shape index (κ2) is 8.88. The summed E-state index contributed by atoms with van der Waals surface area (Å²) in [4.78, 5) is 25.0. The van der Waals surface area contributed by atoms with Crippen LogP contribution in [0.2, 0.25) is 0 Å². The van der Waals surface area contributed by atoms with Crippen LogP contribution in [0, 0.1) is 11.3 Å². The second-order valence-corrected chi connectivity index (χ2v) is 8.05. The van der Waals surface area contributed by atoms with E-state index in [4.69, 9.17) is 4.74 Å². The standard InChI is InChI=1S/C22H28N4O3/c27-13-19-12-26(20-6-9-23-17-24-20)16-22(19)7-10-25(11-8-22)21(28)15-29-14-18-4-2-1-3-5-18/h1-6,9,17,19,27H,7-8,10-16H2. The predicted octanol–water partition coefficient (Wildman–Crippen LogP) is 1.73. The number of benzene rings is 1. The molecule has 154 valence electrons. The summed E-state index contributed by atoms with van der Waals surface area (Å²) in [5, 5.41) is 9.99. The first-order valence-electron chi connectivity index (χ1n) is 10.2. The first-order chi connectivity index (χ1) is 14.2. The molecule has 2 fully saturated rings. The van der Waals surface area contributed by atoms with Gasteiger partial charge in [-0.25, -0.2) is 9.97 Å². The Hall–Kier alpha value is -2.51. The number of aliphatic hydroxyl groups is 1. The van der Waals surface area contributed by atoms with Crippen LogP contribution in [0.3, 0.4) is 0 Å². The van der Waals surface area contributed by atoms with Crippen LogP contribution in [-0.2, 0) is 16.1 Å². The maximum atomic E-state index is 12.6. The van der Waals surface area contributed by atoms with Gasteiger partial charge in [0, 0.05) is 44.9 Å². The molecule has 2 aliphatic heterocycles. The molecule has 2 aromatic rings. The third-order valence-corrected chi connectivity index (χ3v) is 6.37. The number of hydrogen-bond acceptors (Lipinski definition) is 6. The summed E-state index contributed by atoms with van der Waals surface area (Å²) in [7, 11) is 0. The third-order valence-electron chi connectivity index (χ3n) is 6.37. The van der Waals surface area contributed by atoms with E-state index in [1.54, 1.807) is 12.5 Å². The number of hydrogen-bond donors (Lipinski definition) is 1. The molecule has 1 spiro atoms. The van der Waals surface area contributed by atoms with Gasteiger partial charge in [-0.15, -0.1) is 0 Å².